The first-order valence-corrected chi connectivity index (χ1v) is 7.00. The van der Waals surface area contributed by atoms with Crippen LogP contribution in [0.1, 0.15) is 31.2 Å². The number of anilines is 1. The Labute approximate surface area is 123 Å². The minimum atomic E-state index is 0.398. The van der Waals surface area contributed by atoms with Crippen molar-refractivity contribution in [1.29, 1.82) is 0 Å². The lowest BCUT2D eigenvalue weighted by atomic mass is 10.0. The van der Waals surface area contributed by atoms with E-state index in [1.807, 2.05) is 30.5 Å². The average molecular weight is 282 g/mol. The molecule has 0 aliphatic heterocycles. The van der Waals surface area contributed by atoms with E-state index < -0.39 is 0 Å². The van der Waals surface area contributed by atoms with Gasteiger partial charge in [0.05, 0.1) is 19.0 Å². The van der Waals surface area contributed by atoms with Crippen molar-refractivity contribution in [2.24, 2.45) is 0 Å². The summed E-state index contributed by atoms with van der Waals surface area (Å²) in [5.74, 6) is 2.10. The van der Waals surface area contributed by atoms with Gasteiger partial charge in [-0.1, -0.05) is 13.8 Å². The van der Waals surface area contributed by atoms with Crippen LogP contribution in [0.15, 0.2) is 47.3 Å². The molecule has 3 aromatic heterocycles. The van der Waals surface area contributed by atoms with Gasteiger partial charge in [0, 0.05) is 17.5 Å². The lowest BCUT2D eigenvalue weighted by Crippen LogP contribution is -2.00. The molecule has 3 aromatic rings. The van der Waals surface area contributed by atoms with Gasteiger partial charge >= 0.3 is 0 Å². The summed E-state index contributed by atoms with van der Waals surface area (Å²) >= 11 is 0. The molecule has 0 aliphatic rings. The van der Waals surface area contributed by atoms with Gasteiger partial charge in [0.15, 0.2) is 0 Å². The molecule has 0 amide bonds. The van der Waals surface area contributed by atoms with E-state index >= 15 is 0 Å². The summed E-state index contributed by atoms with van der Waals surface area (Å²) in [5, 5.41) is 10.5. The number of aromatic nitrogens is 3. The number of hydrogen-bond acceptors (Lipinski definition) is 4. The summed E-state index contributed by atoms with van der Waals surface area (Å²) in [6, 6.07) is 7.83. The van der Waals surface area contributed by atoms with E-state index in [-0.39, 0.29) is 0 Å². The normalized spacial score (nSPS) is 11.0. The predicted octanol–water partition coefficient (Wildman–Crippen LogP) is 3.80. The topological polar surface area (TPSA) is 66.7 Å². The number of furan rings is 1. The van der Waals surface area contributed by atoms with Crippen molar-refractivity contribution < 1.29 is 4.42 Å². The third-order valence-electron chi connectivity index (χ3n) is 3.34. The number of nitrogens with one attached hydrogen (secondary N) is 2. The van der Waals surface area contributed by atoms with E-state index in [0.717, 1.165) is 28.4 Å². The summed E-state index contributed by atoms with van der Waals surface area (Å²) < 4.78 is 5.30. The van der Waals surface area contributed by atoms with Crippen LogP contribution in [0.3, 0.4) is 0 Å². The molecule has 0 spiro atoms. The summed E-state index contributed by atoms with van der Waals surface area (Å²) in [6.07, 6.45) is 5.33. The van der Waals surface area contributed by atoms with Crippen molar-refractivity contribution in [1.82, 2.24) is 15.2 Å². The maximum absolute atomic E-state index is 5.30. The van der Waals surface area contributed by atoms with Crippen molar-refractivity contribution in [3.63, 3.8) is 0 Å². The molecule has 5 nitrogen and oxygen atoms in total. The molecule has 0 bridgehead atoms. The maximum Gasteiger partial charge on any atom is 0.126 e. The lowest BCUT2D eigenvalue weighted by Gasteiger charge is -2.08. The quantitative estimate of drug-likeness (QED) is 0.747. The highest BCUT2D eigenvalue weighted by Gasteiger charge is 2.11. The Morgan fingerprint density at radius 3 is 3.00 bits per heavy atom. The molecule has 3 rings (SSSR count). The van der Waals surface area contributed by atoms with Crippen LogP contribution < -0.4 is 5.32 Å². The van der Waals surface area contributed by atoms with Gasteiger partial charge in [-0.25, -0.2) is 4.98 Å². The van der Waals surface area contributed by atoms with Crippen LogP contribution in [0.2, 0.25) is 0 Å². The minimum absolute atomic E-state index is 0.398. The molecule has 5 heteroatoms. The van der Waals surface area contributed by atoms with Crippen molar-refractivity contribution in [3.8, 4) is 11.1 Å². The van der Waals surface area contributed by atoms with Gasteiger partial charge in [-0.2, -0.15) is 5.10 Å². The first-order chi connectivity index (χ1) is 10.2. The smallest absolute Gasteiger partial charge is 0.126 e. The Morgan fingerprint density at radius 1 is 1.33 bits per heavy atom. The molecule has 3 heterocycles. The third-order valence-corrected chi connectivity index (χ3v) is 3.34. The average Bonchev–Trinajstić information content (AvgIpc) is 3.16. The highest BCUT2D eigenvalue weighted by atomic mass is 16.3. The van der Waals surface area contributed by atoms with Crippen molar-refractivity contribution in [2.75, 3.05) is 5.32 Å². The van der Waals surface area contributed by atoms with Crippen LogP contribution in [0, 0.1) is 0 Å². The van der Waals surface area contributed by atoms with Gasteiger partial charge in [0.2, 0.25) is 0 Å². The van der Waals surface area contributed by atoms with Crippen LogP contribution in [-0.4, -0.2) is 15.2 Å². The lowest BCUT2D eigenvalue weighted by molar-refractivity contribution is 0.518. The molecule has 0 radical (unpaired) electrons. The Morgan fingerprint density at radius 2 is 2.24 bits per heavy atom. The van der Waals surface area contributed by atoms with Gasteiger partial charge in [-0.05, 0) is 35.7 Å². The predicted molar refractivity (Wildman–Crippen MR) is 81.9 cm³/mol. The second kappa shape index (κ2) is 5.83. The zero-order valence-electron chi connectivity index (χ0n) is 12.1. The molecule has 21 heavy (non-hydrogen) atoms. The van der Waals surface area contributed by atoms with Gasteiger partial charge in [-0.3, -0.25) is 5.10 Å². The van der Waals surface area contributed by atoms with E-state index in [4.69, 9.17) is 4.42 Å². The fourth-order valence-corrected chi connectivity index (χ4v) is 2.25. The second-order valence-corrected chi connectivity index (χ2v) is 5.21. The summed E-state index contributed by atoms with van der Waals surface area (Å²) in [4.78, 5) is 4.34. The Kier molecular flexibility index (Phi) is 3.73. The van der Waals surface area contributed by atoms with Crippen LogP contribution in [0.5, 0.6) is 0 Å². The van der Waals surface area contributed by atoms with Crippen molar-refractivity contribution >= 4 is 5.82 Å². The molecule has 108 valence electrons. The molecule has 2 N–H and O–H groups in total. The number of rotatable bonds is 5. The van der Waals surface area contributed by atoms with Crippen molar-refractivity contribution in [2.45, 2.75) is 26.3 Å². The molecule has 0 aliphatic carbocycles. The van der Waals surface area contributed by atoms with E-state index in [2.05, 4.69) is 34.3 Å². The van der Waals surface area contributed by atoms with Crippen molar-refractivity contribution in [3.05, 3.63) is 54.4 Å². The Hall–Kier alpha value is -2.56. The highest BCUT2D eigenvalue weighted by Crippen LogP contribution is 2.28. The van der Waals surface area contributed by atoms with Gasteiger partial charge < -0.3 is 9.73 Å². The first kappa shape index (κ1) is 13.4. The zero-order chi connectivity index (χ0) is 14.7. The SMILES string of the molecule is CC(C)c1[nH]ncc1-c1ccnc(NCc2ccco2)c1. The summed E-state index contributed by atoms with van der Waals surface area (Å²) in [5.41, 5.74) is 3.36. The molecule has 0 atom stereocenters. The first-order valence-electron chi connectivity index (χ1n) is 7.00. The molecule has 0 saturated carbocycles. The van der Waals surface area contributed by atoms with Crippen LogP contribution in [-0.2, 0) is 6.54 Å². The van der Waals surface area contributed by atoms with E-state index in [0.29, 0.717) is 12.5 Å². The summed E-state index contributed by atoms with van der Waals surface area (Å²) in [6.45, 7) is 4.91. The number of hydrogen-bond donors (Lipinski definition) is 2. The molecule has 0 fully saturated rings. The van der Waals surface area contributed by atoms with Crippen LogP contribution in [0.4, 0.5) is 5.82 Å². The van der Waals surface area contributed by atoms with Gasteiger partial charge in [0.25, 0.3) is 0 Å². The maximum atomic E-state index is 5.30. The summed E-state index contributed by atoms with van der Waals surface area (Å²) in [7, 11) is 0. The second-order valence-electron chi connectivity index (χ2n) is 5.21. The number of nitrogens with zero attached hydrogens (tertiary/aromatic N) is 2. The van der Waals surface area contributed by atoms with Crippen LogP contribution in [0.25, 0.3) is 11.1 Å². The fourth-order valence-electron chi connectivity index (χ4n) is 2.25. The molecule has 0 saturated heterocycles. The molecular formula is C16H18N4O. The zero-order valence-corrected chi connectivity index (χ0v) is 12.1. The molecule has 0 unspecified atom stereocenters. The number of aromatic amines is 1. The molecular weight excluding hydrogens is 264 g/mol. The monoisotopic (exact) mass is 282 g/mol. The highest BCUT2D eigenvalue weighted by molar-refractivity contribution is 5.68. The van der Waals surface area contributed by atoms with Gasteiger partial charge in [0.1, 0.15) is 11.6 Å². The number of pyridine rings is 1. The van der Waals surface area contributed by atoms with Gasteiger partial charge in [-0.15, -0.1) is 0 Å². The minimum Gasteiger partial charge on any atom is -0.467 e. The number of H-pyrrole nitrogens is 1. The Bertz CT molecular complexity index is 701. The standard InChI is InChI=1S/C16H18N4O/c1-11(2)16-14(10-19-20-16)12-5-6-17-15(8-12)18-9-13-4-3-7-21-13/h3-8,10-11H,9H2,1-2H3,(H,17,18)(H,19,20). The van der Waals surface area contributed by atoms with E-state index in [9.17, 15) is 0 Å². The Balaban J connectivity index is 1.81. The fraction of sp³-hybridized carbons (Fsp3) is 0.250. The van der Waals surface area contributed by atoms with E-state index in [1.54, 1.807) is 12.5 Å². The molecule has 0 aromatic carbocycles. The van der Waals surface area contributed by atoms with Crippen LogP contribution >= 0.6 is 0 Å². The third kappa shape index (κ3) is 2.97. The van der Waals surface area contributed by atoms with E-state index in [1.165, 1.54) is 0 Å². The largest absolute Gasteiger partial charge is 0.467 e.